The van der Waals surface area contributed by atoms with Gasteiger partial charge >= 0.3 is 0 Å². The number of ether oxygens (including phenoxy) is 2. The molecule has 2 aromatic rings. The van der Waals surface area contributed by atoms with E-state index in [0.29, 0.717) is 30.6 Å². The summed E-state index contributed by atoms with van der Waals surface area (Å²) in [4.78, 5) is 0. The van der Waals surface area contributed by atoms with Crippen molar-refractivity contribution in [1.29, 1.82) is 0 Å². The number of hydrogen-bond donors (Lipinski definition) is 1. The summed E-state index contributed by atoms with van der Waals surface area (Å²) >= 11 is 5.87. The molecule has 136 valence electrons. The van der Waals surface area contributed by atoms with E-state index in [-0.39, 0.29) is 17.6 Å². The van der Waals surface area contributed by atoms with Gasteiger partial charge in [-0.3, -0.25) is 0 Å². The van der Waals surface area contributed by atoms with Gasteiger partial charge in [0.25, 0.3) is 0 Å². The van der Waals surface area contributed by atoms with Crippen molar-refractivity contribution in [3.63, 3.8) is 0 Å². The van der Waals surface area contributed by atoms with Crippen LogP contribution < -0.4 is 9.88 Å². The van der Waals surface area contributed by atoms with Gasteiger partial charge in [0.1, 0.15) is 5.75 Å². The van der Waals surface area contributed by atoms with Crippen LogP contribution in [0.5, 0.6) is 5.75 Å². The summed E-state index contributed by atoms with van der Waals surface area (Å²) in [7, 11) is -3.53. The minimum Gasteiger partial charge on any atom is -0.493 e. The molecular weight excluding hydrogens is 366 g/mol. The molecule has 1 saturated heterocycles. The second kappa shape index (κ2) is 7.74. The van der Waals surface area contributed by atoms with Crippen LogP contribution in [0.2, 0.25) is 5.02 Å². The van der Waals surface area contributed by atoms with Gasteiger partial charge in [-0.25, -0.2) is 18.2 Å². The number of benzene rings is 1. The minimum atomic E-state index is -3.53. The normalized spacial score (nSPS) is 21.2. The lowest BCUT2D eigenvalue weighted by Gasteiger charge is -2.30. The molecule has 1 fully saturated rings. The van der Waals surface area contributed by atoms with Crippen LogP contribution in [0.1, 0.15) is 6.42 Å². The first-order valence-corrected chi connectivity index (χ1v) is 10.0. The lowest BCUT2D eigenvalue weighted by atomic mass is 9.90. The van der Waals surface area contributed by atoms with Gasteiger partial charge < -0.3 is 9.47 Å². The average molecular weight is 386 g/mol. The molecule has 0 aliphatic carbocycles. The number of halogens is 1. The number of hydrogen-bond acceptors (Lipinski definition) is 5. The lowest BCUT2D eigenvalue weighted by Crippen LogP contribution is -2.37. The Bertz CT molecular complexity index is 807. The van der Waals surface area contributed by atoms with E-state index in [1.165, 1.54) is 0 Å². The Morgan fingerprint density at radius 1 is 1.32 bits per heavy atom. The third-order valence-corrected chi connectivity index (χ3v) is 5.28. The Kier molecular flexibility index (Phi) is 5.63. The first-order chi connectivity index (χ1) is 11.9. The van der Waals surface area contributed by atoms with Crippen LogP contribution in [0.15, 0.2) is 36.7 Å². The van der Waals surface area contributed by atoms with Crippen LogP contribution in [0.4, 0.5) is 0 Å². The molecule has 1 aromatic carbocycles. The summed E-state index contributed by atoms with van der Waals surface area (Å²) in [6.45, 7) is 1.42. The van der Waals surface area contributed by atoms with Gasteiger partial charge in [0.15, 0.2) is 0 Å². The SMILES string of the molecule is NS(=O)(=O)C[C@H]1COCC[C@@H]1COc1ccc(-n2cc(Cl)cn2)cc1. The number of nitrogens with zero attached hydrogens (tertiary/aromatic N) is 2. The van der Waals surface area contributed by atoms with E-state index >= 15 is 0 Å². The van der Waals surface area contributed by atoms with E-state index in [9.17, 15) is 8.42 Å². The molecule has 25 heavy (non-hydrogen) atoms. The van der Waals surface area contributed by atoms with Crippen LogP contribution >= 0.6 is 11.6 Å². The average Bonchev–Trinajstić information content (AvgIpc) is 3.00. The maximum absolute atomic E-state index is 11.4. The van der Waals surface area contributed by atoms with E-state index in [1.807, 2.05) is 24.3 Å². The minimum absolute atomic E-state index is 0.0833. The van der Waals surface area contributed by atoms with E-state index in [0.717, 1.165) is 12.1 Å². The summed E-state index contributed by atoms with van der Waals surface area (Å²) in [5, 5.41) is 9.88. The van der Waals surface area contributed by atoms with Crippen molar-refractivity contribution in [1.82, 2.24) is 9.78 Å². The molecule has 3 rings (SSSR count). The summed E-state index contributed by atoms with van der Waals surface area (Å²) in [5.41, 5.74) is 0.873. The first kappa shape index (κ1) is 18.2. The number of rotatable bonds is 6. The van der Waals surface area contributed by atoms with Crippen molar-refractivity contribution in [2.24, 2.45) is 17.0 Å². The maximum atomic E-state index is 11.4. The molecule has 2 heterocycles. The van der Waals surface area contributed by atoms with Crippen molar-refractivity contribution < 1.29 is 17.9 Å². The van der Waals surface area contributed by atoms with E-state index in [4.69, 9.17) is 26.2 Å². The molecule has 9 heteroatoms. The molecule has 2 N–H and O–H groups in total. The van der Waals surface area contributed by atoms with Gasteiger partial charge in [0, 0.05) is 24.6 Å². The highest BCUT2D eigenvalue weighted by molar-refractivity contribution is 7.89. The molecule has 7 nitrogen and oxygen atoms in total. The number of aromatic nitrogens is 2. The number of primary sulfonamides is 1. The van der Waals surface area contributed by atoms with Crippen LogP contribution in [0.3, 0.4) is 0 Å². The predicted molar refractivity (Wildman–Crippen MR) is 94.5 cm³/mol. The second-order valence-electron chi connectivity index (χ2n) is 6.12. The van der Waals surface area contributed by atoms with Gasteiger partial charge in [-0.1, -0.05) is 11.6 Å². The fourth-order valence-electron chi connectivity index (χ4n) is 2.88. The number of nitrogens with two attached hydrogens (primary N) is 1. The van der Waals surface area contributed by atoms with Crippen molar-refractivity contribution in [3.05, 3.63) is 41.7 Å². The molecule has 0 bridgehead atoms. The van der Waals surface area contributed by atoms with Gasteiger partial charge in [0.2, 0.25) is 10.0 Å². The molecule has 1 aromatic heterocycles. The van der Waals surface area contributed by atoms with Crippen molar-refractivity contribution >= 4 is 21.6 Å². The van der Waals surface area contributed by atoms with E-state index < -0.39 is 10.0 Å². The van der Waals surface area contributed by atoms with Crippen molar-refractivity contribution in [3.8, 4) is 11.4 Å². The Labute approximate surface area is 151 Å². The monoisotopic (exact) mass is 385 g/mol. The maximum Gasteiger partial charge on any atom is 0.209 e. The highest BCUT2D eigenvalue weighted by Gasteiger charge is 2.29. The molecule has 0 unspecified atom stereocenters. The lowest BCUT2D eigenvalue weighted by molar-refractivity contribution is 0.00941. The Hall–Kier alpha value is -1.61. The second-order valence-corrected chi connectivity index (χ2v) is 8.22. The number of sulfonamides is 1. The largest absolute Gasteiger partial charge is 0.493 e. The predicted octanol–water partition coefficient (Wildman–Crippen LogP) is 1.85. The zero-order valence-electron chi connectivity index (χ0n) is 13.5. The van der Waals surface area contributed by atoms with Crippen molar-refractivity contribution in [2.45, 2.75) is 6.42 Å². The molecule has 2 atom stereocenters. The van der Waals surface area contributed by atoms with Crippen molar-refractivity contribution in [2.75, 3.05) is 25.6 Å². The molecular formula is C16H20ClN3O4S. The van der Waals surface area contributed by atoms with Crippen LogP contribution in [0, 0.1) is 11.8 Å². The van der Waals surface area contributed by atoms with Gasteiger partial charge in [-0.05, 0) is 30.7 Å². The Balaban J connectivity index is 1.60. The fourth-order valence-corrected chi connectivity index (χ4v) is 3.98. The summed E-state index contributed by atoms with van der Waals surface area (Å²) in [6.07, 6.45) is 4.05. The summed E-state index contributed by atoms with van der Waals surface area (Å²) in [5.74, 6) is 0.578. The molecule has 0 saturated carbocycles. The van der Waals surface area contributed by atoms with E-state index in [1.54, 1.807) is 17.1 Å². The van der Waals surface area contributed by atoms with Crippen LogP contribution in [0.25, 0.3) is 5.69 Å². The third kappa shape index (κ3) is 5.18. The zero-order chi connectivity index (χ0) is 17.9. The summed E-state index contributed by atoms with van der Waals surface area (Å²) < 4.78 is 35.6. The topological polar surface area (TPSA) is 96.4 Å². The molecule has 0 spiro atoms. The summed E-state index contributed by atoms with van der Waals surface area (Å²) in [6, 6.07) is 7.45. The highest BCUT2D eigenvalue weighted by Crippen LogP contribution is 2.25. The smallest absolute Gasteiger partial charge is 0.209 e. The Morgan fingerprint density at radius 2 is 2.08 bits per heavy atom. The fraction of sp³-hybridized carbons (Fsp3) is 0.438. The standard InChI is InChI=1S/C16H20ClN3O4S/c17-14-7-19-20(8-14)15-1-3-16(4-2-15)24-10-12-5-6-23-9-13(12)11-25(18,21)22/h1-4,7-8,12-13H,5-6,9-11H2,(H2,18,21,22)/t12-,13-/m1/s1. The zero-order valence-corrected chi connectivity index (χ0v) is 15.1. The highest BCUT2D eigenvalue weighted by atomic mass is 35.5. The van der Waals surface area contributed by atoms with E-state index in [2.05, 4.69) is 5.10 Å². The van der Waals surface area contributed by atoms with Gasteiger partial charge in [-0.15, -0.1) is 0 Å². The quantitative estimate of drug-likeness (QED) is 0.818. The van der Waals surface area contributed by atoms with Gasteiger partial charge in [-0.2, -0.15) is 5.10 Å². The van der Waals surface area contributed by atoms with Crippen LogP contribution in [-0.2, 0) is 14.8 Å². The molecule has 0 radical (unpaired) electrons. The third-order valence-electron chi connectivity index (χ3n) is 4.19. The van der Waals surface area contributed by atoms with Gasteiger partial charge in [0.05, 0.1) is 35.9 Å². The van der Waals surface area contributed by atoms with Crippen LogP contribution in [-0.4, -0.2) is 43.8 Å². The molecule has 0 amide bonds. The molecule has 1 aliphatic rings. The Morgan fingerprint density at radius 3 is 2.72 bits per heavy atom. The first-order valence-electron chi connectivity index (χ1n) is 7.92. The molecule has 1 aliphatic heterocycles.